The number of aromatic amines is 1. The van der Waals surface area contributed by atoms with Crippen LogP contribution in [0.4, 0.5) is 0 Å². The Morgan fingerprint density at radius 3 is 2.32 bits per heavy atom. The summed E-state index contributed by atoms with van der Waals surface area (Å²) in [5.74, 6) is 0.323. The fourth-order valence-corrected chi connectivity index (χ4v) is 3.80. The number of hydrogen-bond acceptors (Lipinski definition) is 0. The normalized spacial score (nSPS) is 15.7. The molecule has 0 saturated carbocycles. The van der Waals surface area contributed by atoms with Crippen molar-refractivity contribution in [2.24, 2.45) is 0 Å². The van der Waals surface area contributed by atoms with E-state index in [0.29, 0.717) is 5.92 Å². The van der Waals surface area contributed by atoms with E-state index in [1.165, 1.54) is 38.9 Å². The number of para-hydroxylation sites is 1. The van der Waals surface area contributed by atoms with Crippen LogP contribution in [0.5, 0.6) is 0 Å². The molecule has 0 bridgehead atoms. The summed E-state index contributed by atoms with van der Waals surface area (Å²) in [7, 11) is 0. The van der Waals surface area contributed by atoms with Gasteiger partial charge in [0.2, 0.25) is 0 Å². The zero-order valence-electron chi connectivity index (χ0n) is 12.1. The predicted octanol–water partition coefficient (Wildman–Crippen LogP) is 5.33. The Balaban J connectivity index is 1.90. The topological polar surface area (TPSA) is 15.8 Å². The van der Waals surface area contributed by atoms with E-state index >= 15 is 0 Å². The second kappa shape index (κ2) is 4.35. The first-order valence-corrected chi connectivity index (χ1v) is 7.68. The molecule has 0 amide bonds. The molecule has 1 nitrogen and oxygen atoms in total. The largest absolute Gasteiger partial charge is 0.354 e. The molecule has 104 valence electrons. The van der Waals surface area contributed by atoms with Crippen molar-refractivity contribution < 1.29 is 0 Å². The molecule has 4 aromatic rings. The standard InChI is InChI=1S/C21H15N/c1-2-8-14(9-3-1)19-15-10-4-5-11-16(15)21-20(19)17-12-6-7-13-18(17)22-21/h1-13,19,22H. The highest BCUT2D eigenvalue weighted by Crippen LogP contribution is 2.50. The Hall–Kier alpha value is -2.80. The first-order chi connectivity index (χ1) is 10.9. The van der Waals surface area contributed by atoms with E-state index in [1.807, 2.05) is 0 Å². The molecule has 3 aromatic carbocycles. The summed E-state index contributed by atoms with van der Waals surface area (Å²) in [5, 5.41) is 1.34. The lowest BCUT2D eigenvalue weighted by Crippen LogP contribution is -1.98. The van der Waals surface area contributed by atoms with Gasteiger partial charge >= 0.3 is 0 Å². The van der Waals surface area contributed by atoms with Crippen LogP contribution in [0.1, 0.15) is 22.6 Å². The highest BCUT2D eigenvalue weighted by atomic mass is 14.7. The van der Waals surface area contributed by atoms with Gasteiger partial charge in [-0.25, -0.2) is 0 Å². The molecule has 0 fully saturated rings. The third-order valence-electron chi connectivity index (χ3n) is 4.71. The van der Waals surface area contributed by atoms with E-state index in [9.17, 15) is 0 Å². The lowest BCUT2D eigenvalue weighted by molar-refractivity contribution is 1.03. The Morgan fingerprint density at radius 2 is 1.41 bits per heavy atom. The summed E-state index contributed by atoms with van der Waals surface area (Å²) in [6.07, 6.45) is 0. The first kappa shape index (κ1) is 11.8. The van der Waals surface area contributed by atoms with Crippen molar-refractivity contribution in [2.75, 3.05) is 0 Å². The van der Waals surface area contributed by atoms with Crippen molar-refractivity contribution in [1.82, 2.24) is 4.98 Å². The van der Waals surface area contributed by atoms with Crippen LogP contribution in [0.15, 0.2) is 78.9 Å². The number of hydrogen-bond donors (Lipinski definition) is 1. The van der Waals surface area contributed by atoms with E-state index in [0.717, 1.165) is 0 Å². The lowest BCUT2D eigenvalue weighted by atomic mass is 9.88. The van der Waals surface area contributed by atoms with E-state index in [-0.39, 0.29) is 0 Å². The van der Waals surface area contributed by atoms with Gasteiger partial charge in [-0.3, -0.25) is 0 Å². The van der Waals surface area contributed by atoms with Gasteiger partial charge in [-0.2, -0.15) is 0 Å². The molecule has 0 saturated heterocycles. The van der Waals surface area contributed by atoms with Gasteiger partial charge in [0.1, 0.15) is 0 Å². The monoisotopic (exact) mass is 281 g/mol. The van der Waals surface area contributed by atoms with Gasteiger partial charge < -0.3 is 4.98 Å². The van der Waals surface area contributed by atoms with Crippen molar-refractivity contribution in [3.05, 3.63) is 95.6 Å². The van der Waals surface area contributed by atoms with Crippen molar-refractivity contribution in [1.29, 1.82) is 0 Å². The summed E-state index contributed by atoms with van der Waals surface area (Å²) >= 11 is 0. The van der Waals surface area contributed by atoms with E-state index in [2.05, 4.69) is 83.8 Å². The minimum Gasteiger partial charge on any atom is -0.354 e. The molecule has 0 radical (unpaired) electrons. The molecular formula is C21H15N. The molecule has 1 atom stereocenters. The quantitative estimate of drug-likeness (QED) is 0.427. The maximum absolute atomic E-state index is 3.63. The molecule has 5 rings (SSSR count). The average molecular weight is 281 g/mol. The zero-order chi connectivity index (χ0) is 14.5. The second-order valence-corrected chi connectivity index (χ2v) is 5.89. The fraction of sp³-hybridized carbons (Fsp3) is 0.0476. The van der Waals surface area contributed by atoms with Crippen LogP contribution in [0.2, 0.25) is 0 Å². The molecule has 1 aliphatic rings. The Labute approximate surface area is 129 Å². The minimum absolute atomic E-state index is 0.323. The summed E-state index contributed by atoms with van der Waals surface area (Å²) in [6.45, 7) is 0. The van der Waals surface area contributed by atoms with Gasteiger partial charge in [-0.05, 0) is 22.8 Å². The molecule has 0 spiro atoms. The number of aromatic nitrogens is 1. The van der Waals surface area contributed by atoms with Crippen molar-refractivity contribution >= 4 is 10.9 Å². The number of rotatable bonds is 1. The third kappa shape index (κ3) is 1.48. The van der Waals surface area contributed by atoms with Gasteiger partial charge in [-0.15, -0.1) is 0 Å². The molecular weight excluding hydrogens is 266 g/mol. The van der Waals surface area contributed by atoms with Crippen LogP contribution in [-0.2, 0) is 0 Å². The van der Waals surface area contributed by atoms with Crippen LogP contribution in [-0.4, -0.2) is 4.98 Å². The van der Waals surface area contributed by atoms with E-state index < -0.39 is 0 Å². The summed E-state index contributed by atoms with van der Waals surface area (Å²) in [6, 6.07) is 28.2. The van der Waals surface area contributed by atoms with Crippen LogP contribution in [0, 0.1) is 0 Å². The van der Waals surface area contributed by atoms with E-state index in [4.69, 9.17) is 0 Å². The lowest BCUT2D eigenvalue weighted by Gasteiger charge is -2.14. The summed E-state index contributed by atoms with van der Waals surface area (Å²) in [4.78, 5) is 3.63. The number of benzene rings is 3. The highest BCUT2D eigenvalue weighted by Gasteiger charge is 2.32. The van der Waals surface area contributed by atoms with Crippen molar-refractivity contribution in [3.63, 3.8) is 0 Å². The Bertz CT molecular complexity index is 979. The van der Waals surface area contributed by atoms with E-state index in [1.54, 1.807) is 0 Å². The number of nitrogens with one attached hydrogen (secondary N) is 1. The van der Waals surface area contributed by atoms with Crippen molar-refractivity contribution in [2.45, 2.75) is 5.92 Å². The second-order valence-electron chi connectivity index (χ2n) is 5.89. The summed E-state index contributed by atoms with van der Waals surface area (Å²) in [5.41, 5.74) is 8.03. The van der Waals surface area contributed by atoms with Gasteiger partial charge in [0.05, 0.1) is 5.69 Å². The molecule has 1 unspecified atom stereocenters. The zero-order valence-corrected chi connectivity index (χ0v) is 12.1. The van der Waals surface area contributed by atoms with Crippen LogP contribution in [0.25, 0.3) is 22.2 Å². The molecule has 1 aromatic heterocycles. The minimum atomic E-state index is 0.323. The van der Waals surface area contributed by atoms with Crippen LogP contribution in [0.3, 0.4) is 0 Å². The SMILES string of the molecule is c1ccc(C2c3ccccc3-c3[nH]c4ccccc4c32)cc1. The van der Waals surface area contributed by atoms with Gasteiger partial charge in [0.15, 0.2) is 0 Å². The maximum atomic E-state index is 3.63. The van der Waals surface area contributed by atoms with Crippen LogP contribution >= 0.6 is 0 Å². The van der Waals surface area contributed by atoms with Gasteiger partial charge in [-0.1, -0.05) is 72.8 Å². The predicted molar refractivity (Wildman–Crippen MR) is 91.1 cm³/mol. The number of H-pyrrole nitrogens is 1. The molecule has 1 heterocycles. The Kier molecular flexibility index (Phi) is 2.33. The molecule has 1 N–H and O–H groups in total. The highest BCUT2D eigenvalue weighted by molar-refractivity contribution is 5.96. The third-order valence-corrected chi connectivity index (χ3v) is 4.71. The smallest absolute Gasteiger partial charge is 0.0510 e. The Morgan fingerprint density at radius 1 is 0.682 bits per heavy atom. The van der Waals surface area contributed by atoms with Crippen molar-refractivity contribution in [3.8, 4) is 11.3 Å². The average Bonchev–Trinajstić information content (AvgIpc) is 3.10. The number of fused-ring (bicyclic) bond motifs is 5. The van der Waals surface area contributed by atoms with Gasteiger partial charge in [0, 0.05) is 22.4 Å². The first-order valence-electron chi connectivity index (χ1n) is 7.68. The summed E-state index contributed by atoms with van der Waals surface area (Å²) < 4.78 is 0. The maximum Gasteiger partial charge on any atom is 0.0510 e. The van der Waals surface area contributed by atoms with Gasteiger partial charge in [0.25, 0.3) is 0 Å². The molecule has 1 heteroatoms. The molecule has 0 aliphatic heterocycles. The molecule has 22 heavy (non-hydrogen) atoms. The van der Waals surface area contributed by atoms with Crippen LogP contribution < -0.4 is 0 Å². The fourth-order valence-electron chi connectivity index (χ4n) is 3.80. The molecule has 1 aliphatic carbocycles.